The molecule has 4 heteroatoms. The van der Waals surface area contributed by atoms with Crippen molar-refractivity contribution in [2.75, 3.05) is 0 Å². The molecule has 0 unspecified atom stereocenters. The second-order valence-corrected chi connectivity index (χ2v) is 6.05. The molecule has 19 heavy (non-hydrogen) atoms. The molecule has 0 amide bonds. The maximum Gasteiger partial charge on any atom is 0.201 e. The van der Waals surface area contributed by atoms with Gasteiger partial charge in [-0.2, -0.15) is 0 Å². The number of nitrogens with zero attached hydrogens (tertiary/aromatic N) is 1. The average Bonchev–Trinajstić information content (AvgIpc) is 2.76. The molecule has 1 saturated carbocycles. The van der Waals surface area contributed by atoms with Gasteiger partial charge in [-0.25, -0.2) is 4.98 Å². The molecule has 2 heterocycles. The molecule has 2 aromatic rings. The van der Waals surface area contributed by atoms with E-state index in [2.05, 4.69) is 20.9 Å². The Balaban J connectivity index is 2.00. The van der Waals surface area contributed by atoms with Gasteiger partial charge in [0.15, 0.2) is 11.3 Å². The lowest BCUT2D eigenvalue weighted by Gasteiger charge is -2.19. The van der Waals surface area contributed by atoms with Crippen LogP contribution >= 0.6 is 15.9 Å². The number of halogens is 1. The summed E-state index contributed by atoms with van der Waals surface area (Å²) in [4.78, 5) is 16.9. The molecule has 0 bridgehead atoms. The van der Waals surface area contributed by atoms with Gasteiger partial charge in [0.1, 0.15) is 10.1 Å². The Morgan fingerprint density at radius 2 is 2.05 bits per heavy atom. The number of carbonyl (C=O) groups excluding carboxylic acids is 1. The van der Waals surface area contributed by atoms with Crippen LogP contribution < -0.4 is 0 Å². The molecule has 0 N–H and O–H groups in total. The standard InChI is InChI=1S/C15H16BrNO2/c1-9-13-11(7-8-12(16)17-13)19-15(9)14(18)10-5-3-2-4-6-10/h7-8,10H,2-6H2,1H3. The summed E-state index contributed by atoms with van der Waals surface area (Å²) >= 11 is 3.35. The van der Waals surface area contributed by atoms with Crippen molar-refractivity contribution in [3.05, 3.63) is 28.1 Å². The smallest absolute Gasteiger partial charge is 0.201 e. The maximum absolute atomic E-state index is 12.5. The molecule has 2 aromatic heterocycles. The van der Waals surface area contributed by atoms with E-state index in [1.54, 1.807) is 0 Å². The van der Waals surface area contributed by atoms with E-state index in [1.807, 2.05) is 19.1 Å². The third kappa shape index (κ3) is 2.34. The number of hydrogen-bond acceptors (Lipinski definition) is 3. The van der Waals surface area contributed by atoms with E-state index in [0.29, 0.717) is 11.3 Å². The summed E-state index contributed by atoms with van der Waals surface area (Å²) in [6.45, 7) is 1.92. The van der Waals surface area contributed by atoms with Crippen LogP contribution in [-0.2, 0) is 0 Å². The van der Waals surface area contributed by atoms with Gasteiger partial charge in [-0.15, -0.1) is 0 Å². The minimum absolute atomic E-state index is 0.136. The highest BCUT2D eigenvalue weighted by atomic mass is 79.9. The topological polar surface area (TPSA) is 43.1 Å². The van der Waals surface area contributed by atoms with E-state index in [9.17, 15) is 4.79 Å². The van der Waals surface area contributed by atoms with Gasteiger partial charge in [0.25, 0.3) is 0 Å². The zero-order chi connectivity index (χ0) is 13.4. The van der Waals surface area contributed by atoms with Crippen LogP contribution in [0.15, 0.2) is 21.2 Å². The van der Waals surface area contributed by atoms with Crippen molar-refractivity contribution >= 4 is 32.8 Å². The Kier molecular flexibility index (Phi) is 3.44. The van der Waals surface area contributed by atoms with Gasteiger partial charge >= 0.3 is 0 Å². The Morgan fingerprint density at radius 1 is 1.32 bits per heavy atom. The summed E-state index contributed by atoms with van der Waals surface area (Å²) in [6, 6.07) is 3.69. The van der Waals surface area contributed by atoms with E-state index < -0.39 is 0 Å². The van der Waals surface area contributed by atoms with Crippen molar-refractivity contribution in [1.29, 1.82) is 0 Å². The quantitative estimate of drug-likeness (QED) is 0.596. The zero-order valence-corrected chi connectivity index (χ0v) is 12.5. The third-order valence-corrected chi connectivity index (χ3v) is 4.37. The number of Topliss-reactive ketones (excluding diaryl/α,β-unsaturated/α-hetero) is 1. The lowest BCUT2D eigenvalue weighted by Crippen LogP contribution is -2.18. The summed E-state index contributed by atoms with van der Waals surface area (Å²) < 4.78 is 6.50. The summed E-state index contributed by atoms with van der Waals surface area (Å²) in [5, 5.41) is 0. The highest BCUT2D eigenvalue weighted by Crippen LogP contribution is 2.31. The lowest BCUT2D eigenvalue weighted by molar-refractivity contribution is 0.0862. The molecular weight excluding hydrogens is 306 g/mol. The highest BCUT2D eigenvalue weighted by molar-refractivity contribution is 9.10. The molecule has 1 aliphatic rings. The van der Waals surface area contributed by atoms with Crippen molar-refractivity contribution in [3.63, 3.8) is 0 Å². The monoisotopic (exact) mass is 321 g/mol. The number of carbonyl (C=O) groups is 1. The number of rotatable bonds is 2. The number of furan rings is 1. The molecule has 0 aliphatic heterocycles. The van der Waals surface area contributed by atoms with Crippen molar-refractivity contribution < 1.29 is 9.21 Å². The average molecular weight is 322 g/mol. The van der Waals surface area contributed by atoms with Gasteiger partial charge in [0.2, 0.25) is 5.78 Å². The number of aryl methyl sites for hydroxylation is 1. The molecule has 0 radical (unpaired) electrons. The summed E-state index contributed by atoms with van der Waals surface area (Å²) in [5.41, 5.74) is 2.35. The summed E-state index contributed by atoms with van der Waals surface area (Å²) in [6.07, 6.45) is 5.54. The van der Waals surface area contributed by atoms with E-state index in [4.69, 9.17) is 4.42 Å². The first kappa shape index (κ1) is 12.9. The largest absolute Gasteiger partial charge is 0.451 e. The molecule has 0 spiro atoms. The molecule has 3 nitrogen and oxygen atoms in total. The molecule has 3 rings (SSSR count). The van der Waals surface area contributed by atoms with Crippen LogP contribution in [-0.4, -0.2) is 10.8 Å². The summed E-state index contributed by atoms with van der Waals surface area (Å²) in [7, 11) is 0. The SMILES string of the molecule is Cc1c(C(=O)C2CCCCC2)oc2ccc(Br)nc12. The first-order valence-electron chi connectivity index (χ1n) is 6.76. The molecular formula is C15H16BrNO2. The number of hydrogen-bond donors (Lipinski definition) is 0. The molecule has 1 aliphatic carbocycles. The normalized spacial score (nSPS) is 16.9. The van der Waals surface area contributed by atoms with E-state index in [-0.39, 0.29) is 11.7 Å². The minimum Gasteiger partial charge on any atom is -0.451 e. The Morgan fingerprint density at radius 3 is 2.79 bits per heavy atom. The maximum atomic E-state index is 12.5. The van der Waals surface area contributed by atoms with Gasteiger partial charge in [0.05, 0.1) is 0 Å². The van der Waals surface area contributed by atoms with E-state index in [1.165, 1.54) is 6.42 Å². The van der Waals surface area contributed by atoms with E-state index in [0.717, 1.165) is 41.4 Å². The van der Waals surface area contributed by atoms with Gasteiger partial charge in [-0.3, -0.25) is 4.79 Å². The van der Waals surface area contributed by atoms with Crippen LogP contribution in [0.25, 0.3) is 11.1 Å². The van der Waals surface area contributed by atoms with Crippen LogP contribution in [0.5, 0.6) is 0 Å². The highest BCUT2D eigenvalue weighted by Gasteiger charge is 2.27. The molecule has 0 saturated heterocycles. The van der Waals surface area contributed by atoms with Crippen molar-refractivity contribution in [2.45, 2.75) is 39.0 Å². The fourth-order valence-corrected chi connectivity index (χ4v) is 3.16. The number of fused-ring (bicyclic) bond motifs is 1. The van der Waals surface area contributed by atoms with Crippen LogP contribution in [0.3, 0.4) is 0 Å². The van der Waals surface area contributed by atoms with Crippen LogP contribution in [0.4, 0.5) is 0 Å². The van der Waals surface area contributed by atoms with Crippen molar-refractivity contribution in [2.24, 2.45) is 5.92 Å². The molecule has 100 valence electrons. The first-order chi connectivity index (χ1) is 9.16. The van der Waals surface area contributed by atoms with Crippen molar-refractivity contribution in [3.8, 4) is 0 Å². The number of ketones is 1. The fourth-order valence-electron chi connectivity index (χ4n) is 2.85. The van der Waals surface area contributed by atoms with Gasteiger partial charge in [-0.1, -0.05) is 19.3 Å². The minimum atomic E-state index is 0.136. The van der Waals surface area contributed by atoms with Gasteiger partial charge < -0.3 is 4.42 Å². The predicted octanol–water partition coefficient (Wildman–Crippen LogP) is 4.66. The zero-order valence-electron chi connectivity index (χ0n) is 10.9. The predicted molar refractivity (Wildman–Crippen MR) is 77.4 cm³/mol. The molecule has 1 fully saturated rings. The number of aromatic nitrogens is 1. The van der Waals surface area contributed by atoms with Crippen LogP contribution in [0, 0.1) is 12.8 Å². The second kappa shape index (κ2) is 5.08. The second-order valence-electron chi connectivity index (χ2n) is 5.24. The van der Waals surface area contributed by atoms with Crippen LogP contribution in [0.1, 0.15) is 48.2 Å². The lowest BCUT2D eigenvalue weighted by atomic mass is 9.85. The third-order valence-electron chi connectivity index (χ3n) is 3.93. The molecule has 0 atom stereocenters. The molecule has 0 aromatic carbocycles. The van der Waals surface area contributed by atoms with Gasteiger partial charge in [-0.05, 0) is 47.8 Å². The Labute approximate surface area is 120 Å². The van der Waals surface area contributed by atoms with Crippen LogP contribution in [0.2, 0.25) is 0 Å². The van der Waals surface area contributed by atoms with E-state index >= 15 is 0 Å². The van der Waals surface area contributed by atoms with Crippen molar-refractivity contribution in [1.82, 2.24) is 4.98 Å². The Bertz CT molecular complexity index is 626. The summed E-state index contributed by atoms with van der Waals surface area (Å²) in [5.74, 6) is 0.801. The number of pyridine rings is 1. The first-order valence-corrected chi connectivity index (χ1v) is 7.56. The fraction of sp³-hybridized carbons (Fsp3) is 0.467. The Hall–Kier alpha value is -1.16. The van der Waals surface area contributed by atoms with Gasteiger partial charge in [0, 0.05) is 11.5 Å².